The highest BCUT2D eigenvalue weighted by Crippen LogP contribution is 2.47. The van der Waals surface area contributed by atoms with Gasteiger partial charge in [-0.2, -0.15) is 10.5 Å². The van der Waals surface area contributed by atoms with E-state index in [0.29, 0.717) is 116 Å². The van der Waals surface area contributed by atoms with E-state index >= 15 is 0 Å². The molecule has 0 saturated carbocycles. The van der Waals surface area contributed by atoms with Crippen LogP contribution in [0.2, 0.25) is 0 Å². The first kappa shape index (κ1) is 78.0. The third-order valence-corrected chi connectivity index (χ3v) is 22.9. The molecule has 612 valence electrons. The molecule has 0 radical (unpaired) electrons. The van der Waals surface area contributed by atoms with Gasteiger partial charge in [0.1, 0.15) is 69.9 Å². The molecule has 0 spiro atoms. The number of hydrogen-bond acceptors (Lipinski definition) is 22. The van der Waals surface area contributed by atoms with Crippen molar-refractivity contribution < 1.29 is 0 Å². The van der Waals surface area contributed by atoms with Crippen molar-refractivity contribution in [3.05, 3.63) is 312 Å². The average molecular weight is 1660 g/mol. The number of rotatable bonds is 12. The fraction of sp³-hybridized carbons (Fsp3) is 0.118. The second-order valence-corrected chi connectivity index (χ2v) is 31.8. The number of benzene rings is 10. The van der Waals surface area contributed by atoms with Crippen LogP contribution in [0.3, 0.4) is 0 Å². The smallest absolute Gasteiger partial charge is 0.163 e. The molecule has 128 heavy (non-hydrogen) atoms. The van der Waals surface area contributed by atoms with Gasteiger partial charge >= 0.3 is 0 Å². The van der Waals surface area contributed by atoms with Crippen LogP contribution in [0.1, 0.15) is 81.0 Å². The van der Waals surface area contributed by atoms with Crippen molar-refractivity contribution in [3.8, 4) is 125 Å². The maximum absolute atomic E-state index is 10.5. The van der Waals surface area contributed by atoms with E-state index in [1.807, 2.05) is 150 Å². The van der Waals surface area contributed by atoms with E-state index in [4.69, 9.17) is 49.8 Å². The summed E-state index contributed by atoms with van der Waals surface area (Å²) in [6.07, 6.45) is 7.63. The summed E-state index contributed by atoms with van der Waals surface area (Å²) in [4.78, 5) is 93.7. The molecule has 10 aromatic carbocycles. The quantitative estimate of drug-likeness (QED) is 0.110. The van der Waals surface area contributed by atoms with Crippen LogP contribution in [0.4, 0.5) is 0 Å². The van der Waals surface area contributed by atoms with Crippen LogP contribution in [0.25, 0.3) is 201 Å². The SMILES string of the molecule is Cc1nc(C)nc(-c2ccc3c(c2)c2ccccc2n3-c2cncc(-n3c4ccccc4c4cc(-c5nc(C)nc(C)n5)ccc43)c2-c2cccc(C#N)c2)n1.Cc1nc(C)nc(-c2ccc3c4ccc(-c5nc(C)nc(C)n5)cc4n(-c4cncc(-n5c6cc(-c7nc(C)nc(C)n7)ccc6c6ccc(-c7nc(C)nc(C)n7)cc65)c4-c4cccc(C#N)c4)c3c2)n1. The molecule has 0 fully saturated rings. The number of nitriles is 2. The number of hydrogen-bond donors (Lipinski definition) is 0. The normalized spacial score (nSPS) is 11.6. The Hall–Kier alpha value is -17.3. The lowest BCUT2D eigenvalue weighted by Gasteiger charge is -2.20. The number of aryl methyl sites for hydroxylation is 12. The fourth-order valence-electron chi connectivity index (χ4n) is 18.0. The van der Waals surface area contributed by atoms with Crippen molar-refractivity contribution in [2.24, 2.45) is 0 Å². The molecule has 12 aromatic heterocycles. The summed E-state index contributed by atoms with van der Waals surface area (Å²) in [6.45, 7) is 22.5. The molecule has 0 aliphatic carbocycles. The highest BCUT2D eigenvalue weighted by atomic mass is 15.1. The molecule has 0 unspecified atom stereocenters. The number of aromatic nitrogens is 24. The first-order valence-corrected chi connectivity index (χ1v) is 41.6. The summed E-state index contributed by atoms with van der Waals surface area (Å²) < 4.78 is 9.03. The van der Waals surface area contributed by atoms with Crippen LogP contribution in [0.5, 0.6) is 0 Å². The van der Waals surface area contributed by atoms with E-state index in [1.54, 1.807) is 0 Å². The number of pyridine rings is 2. The van der Waals surface area contributed by atoms with Gasteiger partial charge < -0.3 is 18.3 Å². The molecule has 0 aliphatic heterocycles. The molecule has 0 bridgehead atoms. The van der Waals surface area contributed by atoms with E-state index in [2.05, 4.69) is 244 Å². The molecule has 22 aromatic rings. The minimum absolute atomic E-state index is 0.502. The second kappa shape index (κ2) is 31.0. The highest BCUT2D eigenvalue weighted by molar-refractivity contribution is 6.16. The van der Waals surface area contributed by atoms with E-state index < -0.39 is 0 Å². The number of nitrogens with zero attached hydrogens (tertiary/aromatic N) is 26. The lowest BCUT2D eigenvalue weighted by atomic mass is 10.0. The zero-order valence-corrected chi connectivity index (χ0v) is 71.6. The minimum Gasteiger partial charge on any atom is -0.307 e. The Morgan fingerprint density at radius 2 is 0.422 bits per heavy atom. The first-order valence-electron chi connectivity index (χ1n) is 41.6. The van der Waals surface area contributed by atoms with Crippen molar-refractivity contribution in [1.82, 2.24) is 118 Å². The Kier molecular flexibility index (Phi) is 18.9. The molecule has 0 amide bonds. The fourth-order valence-corrected chi connectivity index (χ4v) is 18.0. The van der Waals surface area contributed by atoms with Gasteiger partial charge in [0.2, 0.25) is 0 Å². The van der Waals surface area contributed by atoms with Crippen LogP contribution < -0.4 is 0 Å². The maximum Gasteiger partial charge on any atom is 0.163 e. The van der Waals surface area contributed by atoms with Gasteiger partial charge in [-0.3, -0.25) is 9.97 Å². The molecule has 0 N–H and O–H groups in total. The third kappa shape index (κ3) is 13.8. The summed E-state index contributed by atoms with van der Waals surface area (Å²) in [5.41, 5.74) is 20.4. The summed E-state index contributed by atoms with van der Waals surface area (Å²) in [5.74, 6) is 11.3. The Bertz CT molecular complexity index is 7780. The zero-order valence-electron chi connectivity index (χ0n) is 71.6. The number of fused-ring (bicyclic) bond motifs is 12. The zero-order chi connectivity index (χ0) is 87.6. The Labute approximate surface area is 732 Å². The molecule has 22 rings (SSSR count). The minimum atomic E-state index is 0.502. The van der Waals surface area contributed by atoms with E-state index in [-0.39, 0.29) is 0 Å². The van der Waals surface area contributed by atoms with Gasteiger partial charge in [0.15, 0.2) is 34.9 Å². The van der Waals surface area contributed by atoms with Gasteiger partial charge in [0.25, 0.3) is 0 Å². The van der Waals surface area contributed by atoms with Gasteiger partial charge in [-0.1, -0.05) is 109 Å². The van der Waals surface area contributed by atoms with Crippen molar-refractivity contribution in [3.63, 3.8) is 0 Å². The predicted molar refractivity (Wildman–Crippen MR) is 496 cm³/mol. The van der Waals surface area contributed by atoms with Crippen molar-refractivity contribution in [1.29, 1.82) is 10.5 Å². The largest absolute Gasteiger partial charge is 0.307 e. The van der Waals surface area contributed by atoms with Gasteiger partial charge in [-0.05, 0) is 191 Å². The molecule has 26 heteroatoms. The van der Waals surface area contributed by atoms with Gasteiger partial charge in [0.05, 0.1) is 115 Å². The molecule has 0 atom stereocenters. The average Bonchev–Trinajstić information content (AvgIpc) is 1.56. The Morgan fingerprint density at radius 1 is 0.195 bits per heavy atom. The molecule has 0 aliphatic rings. The van der Waals surface area contributed by atoms with Gasteiger partial charge in [-0.15, -0.1) is 0 Å². The molecule has 12 heterocycles. The molecule has 0 saturated heterocycles. The van der Waals surface area contributed by atoms with Crippen LogP contribution in [0.15, 0.2) is 231 Å². The molecular formula is C102H74N26. The standard InChI is InChI=1S/C56H42N16.C46H32N10/c1-28-59-29(2)64-53(63-28)38-12-16-42-43-17-13-39(54-65-30(3)60-31(4)66-54)22-47(43)71(46(42)21-38)50-26-58-27-51(52(50)37-11-9-10-36(20-37)25-57)72-48-23-40(55-67-32(5)61-33(6)68-55)14-18-44(48)45-19-15-41(24-49(45)72)56-69-34(7)62-35(8)70-56;1-26-49-27(2)52-45(51-26)32-16-18-40-36(21-32)34-12-5-7-14-38(34)55(40)42-24-48-25-43(44(42)31-11-9-10-30(20-31)23-47)56-39-15-8-6-13-35(39)37-22-33(17-19-41(37)56)46-53-28(3)50-29(4)54-46/h9-24,26-27H,1-8H3;5-22,24-25H,1-4H3. The summed E-state index contributed by atoms with van der Waals surface area (Å²) in [6, 6.07) is 75.0. The maximum atomic E-state index is 10.5. The summed E-state index contributed by atoms with van der Waals surface area (Å²) in [5, 5.41) is 28.8. The van der Waals surface area contributed by atoms with Crippen LogP contribution in [-0.2, 0) is 0 Å². The topological polar surface area (TPSA) is 325 Å². The highest BCUT2D eigenvalue weighted by Gasteiger charge is 2.29. The van der Waals surface area contributed by atoms with Crippen molar-refractivity contribution in [2.75, 3.05) is 0 Å². The summed E-state index contributed by atoms with van der Waals surface area (Å²) >= 11 is 0. The second-order valence-electron chi connectivity index (χ2n) is 31.8. The van der Waals surface area contributed by atoms with E-state index in [9.17, 15) is 10.5 Å². The van der Waals surface area contributed by atoms with Crippen molar-refractivity contribution in [2.45, 2.75) is 83.1 Å². The molecular weight excluding hydrogens is 1590 g/mol. The van der Waals surface area contributed by atoms with Crippen LogP contribution >= 0.6 is 0 Å². The molecule has 26 nitrogen and oxygen atoms in total. The van der Waals surface area contributed by atoms with Gasteiger partial charge in [-0.25, -0.2) is 89.7 Å². The Morgan fingerprint density at radius 3 is 0.688 bits per heavy atom. The lowest BCUT2D eigenvalue weighted by Crippen LogP contribution is -2.06. The lowest BCUT2D eigenvalue weighted by molar-refractivity contribution is 0.928. The van der Waals surface area contributed by atoms with E-state index in [1.165, 1.54) is 0 Å². The van der Waals surface area contributed by atoms with Crippen LogP contribution in [0, 0.1) is 106 Å². The van der Waals surface area contributed by atoms with Crippen LogP contribution in [-0.4, -0.2) is 118 Å². The van der Waals surface area contributed by atoms with Gasteiger partial charge in [0, 0.05) is 87.6 Å². The third-order valence-electron chi connectivity index (χ3n) is 22.9. The van der Waals surface area contributed by atoms with E-state index in [0.717, 1.165) is 166 Å². The number of para-hydroxylation sites is 2. The predicted octanol–water partition coefficient (Wildman–Crippen LogP) is 20.4. The Balaban J connectivity index is 0.000000160. The summed E-state index contributed by atoms with van der Waals surface area (Å²) in [7, 11) is 0. The monoisotopic (exact) mass is 1660 g/mol. The first-order chi connectivity index (χ1) is 62.2. The van der Waals surface area contributed by atoms with Crippen molar-refractivity contribution >= 4 is 87.2 Å².